The van der Waals surface area contributed by atoms with E-state index in [0.717, 1.165) is 11.3 Å². The summed E-state index contributed by atoms with van der Waals surface area (Å²) in [7, 11) is 0. The maximum Gasteiger partial charge on any atom is 0.349 e. The minimum atomic E-state index is -0.629. The number of hydrogen-bond donors (Lipinski definition) is 0. The summed E-state index contributed by atoms with van der Waals surface area (Å²) in [6.45, 7) is 3.42. The average Bonchev–Trinajstić information content (AvgIpc) is 3.20. The Balaban J connectivity index is 1.72. The summed E-state index contributed by atoms with van der Waals surface area (Å²) >= 11 is 0. The van der Waals surface area contributed by atoms with Crippen molar-refractivity contribution in [2.45, 2.75) is 26.6 Å². The Labute approximate surface area is 168 Å². The fraction of sp³-hybridized carbons (Fsp3) is 0.174. The molecule has 0 spiro atoms. The van der Waals surface area contributed by atoms with Gasteiger partial charge in [0.1, 0.15) is 11.1 Å². The molecule has 0 radical (unpaired) electrons. The van der Waals surface area contributed by atoms with Gasteiger partial charge in [-0.1, -0.05) is 48.5 Å². The summed E-state index contributed by atoms with van der Waals surface area (Å²) in [6.07, 6.45) is 1.72. The summed E-state index contributed by atoms with van der Waals surface area (Å²) in [5, 5.41) is 5.00. The first kappa shape index (κ1) is 18.7. The Morgan fingerprint density at radius 2 is 1.79 bits per heavy atom. The van der Waals surface area contributed by atoms with E-state index in [4.69, 9.17) is 4.42 Å². The first-order valence-electron chi connectivity index (χ1n) is 9.52. The lowest BCUT2D eigenvalue weighted by molar-refractivity contribution is 0.0721. The summed E-state index contributed by atoms with van der Waals surface area (Å²) < 4.78 is 7.22. The third-order valence-electron chi connectivity index (χ3n) is 4.83. The molecule has 0 aliphatic heterocycles. The highest BCUT2D eigenvalue weighted by atomic mass is 16.4. The second-order valence-electron chi connectivity index (χ2n) is 6.77. The zero-order valence-corrected chi connectivity index (χ0v) is 16.1. The number of para-hydroxylation sites is 1. The first-order chi connectivity index (χ1) is 14.2. The highest BCUT2D eigenvalue weighted by Gasteiger charge is 2.22. The fourth-order valence-corrected chi connectivity index (χ4v) is 3.36. The van der Waals surface area contributed by atoms with Crippen LogP contribution in [0.5, 0.6) is 0 Å². The van der Waals surface area contributed by atoms with E-state index in [-0.39, 0.29) is 11.5 Å². The van der Waals surface area contributed by atoms with Gasteiger partial charge in [0.25, 0.3) is 5.91 Å². The number of carbonyl (C=O) groups is 1. The van der Waals surface area contributed by atoms with Gasteiger partial charge in [0, 0.05) is 24.7 Å². The van der Waals surface area contributed by atoms with Crippen molar-refractivity contribution >= 4 is 16.9 Å². The molecule has 6 heteroatoms. The largest absolute Gasteiger partial charge is 0.422 e. The second-order valence-corrected chi connectivity index (χ2v) is 6.77. The van der Waals surface area contributed by atoms with Gasteiger partial charge in [-0.15, -0.1) is 0 Å². The van der Waals surface area contributed by atoms with Gasteiger partial charge in [-0.2, -0.15) is 5.10 Å². The Morgan fingerprint density at radius 1 is 1.03 bits per heavy atom. The lowest BCUT2D eigenvalue weighted by Crippen LogP contribution is -2.34. The van der Waals surface area contributed by atoms with Crippen LogP contribution < -0.4 is 5.63 Å². The predicted octanol–water partition coefficient (Wildman–Crippen LogP) is 3.85. The van der Waals surface area contributed by atoms with Gasteiger partial charge < -0.3 is 9.32 Å². The van der Waals surface area contributed by atoms with Crippen LogP contribution in [-0.4, -0.2) is 20.6 Å². The molecule has 0 bridgehead atoms. The number of rotatable bonds is 6. The Kier molecular flexibility index (Phi) is 5.24. The standard InChI is InChI=1S/C23H21N3O3/c1-2-26-19(12-13-24-26)16-25(15-17-8-4-3-5-9-17)22(27)20-14-18-10-6-7-11-21(18)29-23(20)28/h3-14H,2,15-16H2,1H3. The van der Waals surface area contributed by atoms with Crippen LogP contribution in [0, 0.1) is 0 Å². The fourth-order valence-electron chi connectivity index (χ4n) is 3.36. The summed E-state index contributed by atoms with van der Waals surface area (Å²) in [6, 6.07) is 20.4. The van der Waals surface area contributed by atoms with E-state index in [2.05, 4.69) is 5.10 Å². The van der Waals surface area contributed by atoms with Crippen molar-refractivity contribution in [2.24, 2.45) is 0 Å². The molecule has 4 aromatic rings. The van der Waals surface area contributed by atoms with Gasteiger partial charge in [0.2, 0.25) is 0 Å². The van der Waals surface area contributed by atoms with Gasteiger partial charge in [0.15, 0.2) is 0 Å². The Hall–Kier alpha value is -3.67. The lowest BCUT2D eigenvalue weighted by Gasteiger charge is -2.23. The molecule has 0 atom stereocenters. The third kappa shape index (κ3) is 3.96. The minimum absolute atomic E-state index is 0.0298. The molecular weight excluding hydrogens is 366 g/mol. The molecule has 6 nitrogen and oxygen atoms in total. The summed E-state index contributed by atoms with van der Waals surface area (Å²) in [5.41, 5.74) is 1.75. The smallest absolute Gasteiger partial charge is 0.349 e. The van der Waals surface area contributed by atoms with E-state index in [1.807, 2.05) is 60.1 Å². The van der Waals surface area contributed by atoms with Gasteiger partial charge in [-0.05, 0) is 30.7 Å². The average molecular weight is 387 g/mol. The molecule has 0 saturated heterocycles. The van der Waals surface area contributed by atoms with Gasteiger partial charge in [0.05, 0.1) is 12.2 Å². The van der Waals surface area contributed by atoms with Crippen LogP contribution in [0.4, 0.5) is 0 Å². The van der Waals surface area contributed by atoms with Crippen LogP contribution in [0.2, 0.25) is 0 Å². The normalized spacial score (nSPS) is 10.9. The van der Waals surface area contributed by atoms with E-state index in [9.17, 15) is 9.59 Å². The molecule has 0 fully saturated rings. The molecule has 2 heterocycles. The molecule has 0 saturated carbocycles. The SMILES string of the molecule is CCn1nccc1CN(Cc1ccccc1)C(=O)c1cc2ccccc2oc1=O. The van der Waals surface area contributed by atoms with E-state index in [1.165, 1.54) is 0 Å². The van der Waals surface area contributed by atoms with E-state index in [1.54, 1.807) is 29.3 Å². The van der Waals surface area contributed by atoms with Crippen LogP contribution in [-0.2, 0) is 19.6 Å². The molecule has 2 aromatic heterocycles. The quantitative estimate of drug-likeness (QED) is 0.471. The van der Waals surface area contributed by atoms with Crippen molar-refractivity contribution < 1.29 is 9.21 Å². The van der Waals surface area contributed by atoms with Gasteiger partial charge >= 0.3 is 5.63 Å². The van der Waals surface area contributed by atoms with Gasteiger partial charge in [-0.25, -0.2) is 4.79 Å². The van der Waals surface area contributed by atoms with Crippen LogP contribution in [0.1, 0.15) is 28.5 Å². The summed E-state index contributed by atoms with van der Waals surface area (Å²) in [5.74, 6) is -0.364. The topological polar surface area (TPSA) is 68.3 Å². The predicted molar refractivity (Wildman–Crippen MR) is 110 cm³/mol. The number of aryl methyl sites for hydroxylation is 1. The molecule has 0 aliphatic carbocycles. The number of carbonyl (C=O) groups excluding carboxylic acids is 1. The molecule has 0 unspecified atom stereocenters. The molecule has 0 aliphatic rings. The molecule has 0 N–H and O–H groups in total. The van der Waals surface area contributed by atoms with Crippen LogP contribution in [0.25, 0.3) is 11.0 Å². The highest BCUT2D eigenvalue weighted by molar-refractivity contribution is 5.96. The van der Waals surface area contributed by atoms with E-state index < -0.39 is 5.63 Å². The Bertz CT molecular complexity index is 1190. The number of benzene rings is 2. The van der Waals surface area contributed by atoms with Crippen LogP contribution >= 0.6 is 0 Å². The molecule has 29 heavy (non-hydrogen) atoms. The molecule has 2 aromatic carbocycles. The van der Waals surface area contributed by atoms with Gasteiger partial charge in [-0.3, -0.25) is 9.48 Å². The number of fused-ring (bicyclic) bond motifs is 1. The first-order valence-corrected chi connectivity index (χ1v) is 9.52. The monoisotopic (exact) mass is 387 g/mol. The van der Waals surface area contributed by atoms with Crippen molar-refractivity contribution in [3.63, 3.8) is 0 Å². The van der Waals surface area contributed by atoms with Crippen molar-refractivity contribution in [3.05, 3.63) is 100 Å². The zero-order chi connectivity index (χ0) is 20.2. The maximum absolute atomic E-state index is 13.4. The maximum atomic E-state index is 13.4. The molecular formula is C23H21N3O3. The Morgan fingerprint density at radius 3 is 2.59 bits per heavy atom. The molecule has 1 amide bonds. The lowest BCUT2D eigenvalue weighted by atomic mass is 10.1. The number of aromatic nitrogens is 2. The highest BCUT2D eigenvalue weighted by Crippen LogP contribution is 2.17. The van der Waals surface area contributed by atoms with Crippen molar-refractivity contribution in [1.82, 2.24) is 14.7 Å². The summed E-state index contributed by atoms with van der Waals surface area (Å²) in [4.78, 5) is 27.6. The second kappa shape index (κ2) is 8.14. The molecule has 4 rings (SSSR count). The van der Waals surface area contributed by atoms with Crippen LogP contribution in [0.15, 0.2) is 82.1 Å². The van der Waals surface area contributed by atoms with Crippen molar-refractivity contribution in [3.8, 4) is 0 Å². The number of amides is 1. The minimum Gasteiger partial charge on any atom is -0.422 e. The number of hydrogen-bond acceptors (Lipinski definition) is 4. The zero-order valence-electron chi connectivity index (χ0n) is 16.1. The van der Waals surface area contributed by atoms with Crippen LogP contribution in [0.3, 0.4) is 0 Å². The third-order valence-corrected chi connectivity index (χ3v) is 4.83. The van der Waals surface area contributed by atoms with E-state index >= 15 is 0 Å². The molecule has 146 valence electrons. The van der Waals surface area contributed by atoms with Crippen molar-refractivity contribution in [2.75, 3.05) is 0 Å². The van der Waals surface area contributed by atoms with E-state index in [0.29, 0.717) is 30.6 Å². The number of nitrogens with zero attached hydrogens (tertiary/aromatic N) is 3. The van der Waals surface area contributed by atoms with Crippen molar-refractivity contribution in [1.29, 1.82) is 0 Å².